The first kappa shape index (κ1) is 14.1. The van der Waals surface area contributed by atoms with Gasteiger partial charge in [-0.3, -0.25) is 4.79 Å². The van der Waals surface area contributed by atoms with Gasteiger partial charge in [-0.15, -0.1) is 0 Å². The third-order valence-corrected chi connectivity index (χ3v) is 4.26. The molecule has 1 heterocycles. The van der Waals surface area contributed by atoms with Gasteiger partial charge in [0.25, 0.3) is 5.91 Å². The lowest BCUT2D eigenvalue weighted by molar-refractivity contribution is -0.139. The maximum absolute atomic E-state index is 13.1. The average molecular weight is 290 g/mol. The summed E-state index contributed by atoms with van der Waals surface area (Å²) in [6, 6.07) is 4.63. The van der Waals surface area contributed by atoms with Crippen LogP contribution in [0.25, 0.3) is 10.9 Å². The molecule has 2 aromatic rings. The fourth-order valence-corrected chi connectivity index (χ4v) is 3.03. The van der Waals surface area contributed by atoms with Gasteiger partial charge in [0.05, 0.1) is 0 Å². The van der Waals surface area contributed by atoms with Gasteiger partial charge in [-0.2, -0.15) is 0 Å². The number of halogens is 1. The lowest BCUT2D eigenvalue weighted by Crippen LogP contribution is -2.45. The largest absolute Gasteiger partial charge is 0.380 e. The molecule has 4 nitrogen and oxygen atoms in total. The number of rotatable bonds is 4. The summed E-state index contributed by atoms with van der Waals surface area (Å²) in [5.41, 5.74) is 0.609. The van der Waals surface area contributed by atoms with Crippen molar-refractivity contribution in [2.45, 2.75) is 37.7 Å². The van der Waals surface area contributed by atoms with Gasteiger partial charge in [0.1, 0.15) is 11.4 Å². The van der Waals surface area contributed by atoms with E-state index in [1.165, 1.54) is 12.1 Å². The number of aromatic nitrogens is 1. The number of H-pyrrole nitrogens is 1. The average Bonchev–Trinajstić information content (AvgIpc) is 3.06. The number of nitrogens with one attached hydrogen (secondary N) is 2. The van der Waals surface area contributed by atoms with Gasteiger partial charge in [-0.25, -0.2) is 4.39 Å². The Hall–Kier alpha value is -1.88. The van der Waals surface area contributed by atoms with Crippen molar-refractivity contribution in [2.24, 2.45) is 0 Å². The molecule has 3 rings (SSSR count). The van der Waals surface area contributed by atoms with Crippen molar-refractivity contribution in [3.8, 4) is 0 Å². The van der Waals surface area contributed by atoms with Gasteiger partial charge in [0, 0.05) is 23.6 Å². The fourth-order valence-electron chi connectivity index (χ4n) is 3.03. The highest BCUT2D eigenvalue weighted by Crippen LogP contribution is 2.29. The molecule has 3 N–H and O–H groups in total. The molecule has 0 atom stereocenters. The second kappa shape index (κ2) is 5.48. The molecule has 112 valence electrons. The van der Waals surface area contributed by atoms with Gasteiger partial charge in [0.2, 0.25) is 0 Å². The minimum absolute atomic E-state index is 0.271. The van der Waals surface area contributed by atoms with E-state index in [9.17, 15) is 14.3 Å². The number of hydrogen-bond acceptors (Lipinski definition) is 2. The molecule has 1 fully saturated rings. The molecule has 1 saturated carbocycles. The Bertz CT molecular complexity index is 659. The van der Waals surface area contributed by atoms with Crippen LogP contribution in [0.1, 0.15) is 31.2 Å². The number of fused-ring (bicyclic) bond motifs is 1. The maximum atomic E-state index is 13.1. The van der Waals surface area contributed by atoms with Crippen LogP contribution in [-0.2, 0) is 11.2 Å². The summed E-state index contributed by atoms with van der Waals surface area (Å²) in [4.78, 5) is 15.0. The Morgan fingerprint density at radius 1 is 1.38 bits per heavy atom. The predicted molar refractivity (Wildman–Crippen MR) is 78.4 cm³/mol. The van der Waals surface area contributed by atoms with E-state index in [0.717, 1.165) is 29.3 Å². The summed E-state index contributed by atoms with van der Waals surface area (Å²) in [5.74, 6) is -0.543. The van der Waals surface area contributed by atoms with E-state index in [1.807, 2.05) is 6.20 Å². The van der Waals surface area contributed by atoms with Crippen molar-refractivity contribution in [1.82, 2.24) is 10.3 Å². The summed E-state index contributed by atoms with van der Waals surface area (Å²) in [5, 5.41) is 13.9. The van der Waals surface area contributed by atoms with E-state index < -0.39 is 5.60 Å². The molecular weight excluding hydrogens is 271 g/mol. The highest BCUT2D eigenvalue weighted by atomic mass is 19.1. The van der Waals surface area contributed by atoms with Crippen LogP contribution in [0.5, 0.6) is 0 Å². The second-order valence-corrected chi connectivity index (χ2v) is 5.75. The molecule has 0 unspecified atom stereocenters. The van der Waals surface area contributed by atoms with Crippen LogP contribution < -0.4 is 5.32 Å². The lowest BCUT2D eigenvalue weighted by atomic mass is 10.0. The molecule has 0 radical (unpaired) electrons. The SMILES string of the molecule is O=C(NCCc1c[nH]c2cc(F)ccc12)C1(O)CCCC1. The number of aliphatic hydroxyl groups is 1. The first-order valence-electron chi connectivity index (χ1n) is 7.35. The molecule has 5 heteroatoms. The first-order chi connectivity index (χ1) is 10.1. The third kappa shape index (κ3) is 2.78. The Labute approximate surface area is 122 Å². The van der Waals surface area contributed by atoms with Crippen LogP contribution in [0, 0.1) is 5.82 Å². The second-order valence-electron chi connectivity index (χ2n) is 5.75. The van der Waals surface area contributed by atoms with E-state index in [0.29, 0.717) is 25.8 Å². The third-order valence-electron chi connectivity index (χ3n) is 4.26. The zero-order valence-electron chi connectivity index (χ0n) is 11.8. The normalized spacial score (nSPS) is 17.2. The summed E-state index contributed by atoms with van der Waals surface area (Å²) < 4.78 is 13.1. The van der Waals surface area contributed by atoms with E-state index in [4.69, 9.17) is 0 Å². The number of hydrogen-bond donors (Lipinski definition) is 3. The van der Waals surface area contributed by atoms with Gasteiger partial charge in [-0.05, 0) is 55.9 Å². The molecule has 1 aliphatic carbocycles. The molecule has 0 saturated heterocycles. The van der Waals surface area contributed by atoms with Gasteiger partial charge in [-0.1, -0.05) is 0 Å². The smallest absolute Gasteiger partial charge is 0.251 e. The lowest BCUT2D eigenvalue weighted by Gasteiger charge is -2.20. The first-order valence-corrected chi connectivity index (χ1v) is 7.35. The van der Waals surface area contributed by atoms with Gasteiger partial charge < -0.3 is 15.4 Å². The predicted octanol–water partition coefficient (Wildman–Crippen LogP) is 2.27. The molecule has 1 aromatic carbocycles. The summed E-state index contributed by atoms with van der Waals surface area (Å²) >= 11 is 0. The van der Waals surface area contributed by atoms with Crippen LogP contribution >= 0.6 is 0 Å². The van der Waals surface area contributed by atoms with E-state index >= 15 is 0 Å². The number of carbonyl (C=O) groups excluding carboxylic acids is 1. The van der Waals surface area contributed by atoms with Crippen molar-refractivity contribution < 1.29 is 14.3 Å². The van der Waals surface area contributed by atoms with Crippen molar-refractivity contribution in [3.63, 3.8) is 0 Å². The number of aromatic amines is 1. The van der Waals surface area contributed by atoms with Crippen LogP contribution in [0.2, 0.25) is 0 Å². The maximum Gasteiger partial charge on any atom is 0.251 e. The molecule has 0 bridgehead atoms. The molecular formula is C16H19FN2O2. The zero-order chi connectivity index (χ0) is 14.9. The minimum atomic E-state index is -1.18. The van der Waals surface area contributed by atoms with E-state index in [-0.39, 0.29) is 11.7 Å². The van der Waals surface area contributed by atoms with Crippen LogP contribution in [0.15, 0.2) is 24.4 Å². The monoisotopic (exact) mass is 290 g/mol. The standard InChI is InChI=1S/C16H19FN2O2/c17-12-3-4-13-11(10-19-14(13)9-12)5-8-18-15(20)16(21)6-1-2-7-16/h3-4,9-10,19,21H,1-2,5-8H2,(H,18,20). The Morgan fingerprint density at radius 3 is 2.90 bits per heavy atom. The van der Waals surface area contributed by atoms with Crippen molar-refractivity contribution in [3.05, 3.63) is 35.8 Å². The number of benzene rings is 1. The Balaban J connectivity index is 1.61. The molecule has 21 heavy (non-hydrogen) atoms. The summed E-state index contributed by atoms with van der Waals surface area (Å²) in [7, 11) is 0. The highest BCUT2D eigenvalue weighted by Gasteiger charge is 2.38. The minimum Gasteiger partial charge on any atom is -0.380 e. The summed E-state index contributed by atoms with van der Waals surface area (Å²) in [6.45, 7) is 0.464. The Kier molecular flexibility index (Phi) is 3.68. The van der Waals surface area contributed by atoms with Crippen molar-refractivity contribution >= 4 is 16.8 Å². The topological polar surface area (TPSA) is 65.1 Å². The van der Waals surface area contributed by atoms with E-state index in [1.54, 1.807) is 6.07 Å². The van der Waals surface area contributed by atoms with Gasteiger partial charge >= 0.3 is 0 Å². The zero-order valence-corrected chi connectivity index (χ0v) is 11.8. The molecule has 1 aromatic heterocycles. The van der Waals surface area contributed by atoms with Crippen LogP contribution in [-0.4, -0.2) is 28.1 Å². The van der Waals surface area contributed by atoms with Crippen LogP contribution in [0.3, 0.4) is 0 Å². The fraction of sp³-hybridized carbons (Fsp3) is 0.438. The molecule has 0 spiro atoms. The van der Waals surface area contributed by atoms with Crippen molar-refractivity contribution in [1.29, 1.82) is 0 Å². The number of amides is 1. The van der Waals surface area contributed by atoms with Crippen molar-refractivity contribution in [2.75, 3.05) is 6.54 Å². The quantitative estimate of drug-likeness (QED) is 0.808. The molecule has 0 aliphatic heterocycles. The number of carbonyl (C=O) groups is 1. The van der Waals surface area contributed by atoms with E-state index in [2.05, 4.69) is 10.3 Å². The summed E-state index contributed by atoms with van der Waals surface area (Å²) in [6.07, 6.45) is 5.38. The Morgan fingerprint density at radius 2 is 2.14 bits per heavy atom. The van der Waals surface area contributed by atoms with Gasteiger partial charge in [0.15, 0.2) is 0 Å². The molecule has 1 aliphatic rings. The highest BCUT2D eigenvalue weighted by molar-refractivity contribution is 5.85. The molecule has 1 amide bonds. The van der Waals surface area contributed by atoms with Crippen LogP contribution in [0.4, 0.5) is 4.39 Å².